The van der Waals surface area contributed by atoms with Crippen LogP contribution < -0.4 is 0 Å². The topological polar surface area (TPSA) is 66.5 Å². The van der Waals surface area contributed by atoms with E-state index < -0.39 is 11.7 Å². The van der Waals surface area contributed by atoms with E-state index in [1.165, 1.54) is 12.1 Å². The molecule has 3 aromatic carbocycles. The normalized spacial score (nSPS) is 12.0. The molecule has 0 atom stereocenters. The van der Waals surface area contributed by atoms with Crippen molar-refractivity contribution in [1.82, 2.24) is 0 Å². The molecule has 0 aromatic heterocycles. The maximum Gasteiger partial charge on any atom is 0.416 e. The quantitative estimate of drug-likeness (QED) is 0.385. The number of halogens is 3. The summed E-state index contributed by atoms with van der Waals surface area (Å²) in [4.78, 5) is 11.1. The fraction of sp³-hybridized carbons (Fsp3) is 0.136. The van der Waals surface area contributed by atoms with Crippen LogP contribution in [-0.2, 0) is 17.4 Å². The van der Waals surface area contributed by atoms with Crippen molar-refractivity contribution >= 4 is 28.5 Å². The second kappa shape index (κ2) is 9.21. The van der Waals surface area contributed by atoms with Crippen molar-refractivity contribution in [1.29, 1.82) is 0 Å². The first kappa shape index (κ1) is 21.0. The van der Waals surface area contributed by atoms with Gasteiger partial charge < -0.3 is 0 Å². The van der Waals surface area contributed by atoms with Gasteiger partial charge in [-0.05, 0) is 73.2 Å². The predicted octanol–water partition coefficient (Wildman–Crippen LogP) is 7.67. The Hall–Kier alpha value is -3.68. The maximum absolute atomic E-state index is 12.6. The van der Waals surface area contributed by atoms with Crippen LogP contribution in [0.4, 0.5) is 35.9 Å². The van der Waals surface area contributed by atoms with Gasteiger partial charge in [-0.1, -0.05) is 12.1 Å². The van der Waals surface area contributed by atoms with Crippen molar-refractivity contribution in [3.8, 4) is 0 Å². The Bertz CT molecular complexity index is 1060. The maximum atomic E-state index is 12.6. The summed E-state index contributed by atoms with van der Waals surface area (Å²) in [6.45, 7) is 1.54. The average Bonchev–Trinajstić information content (AvgIpc) is 2.72. The van der Waals surface area contributed by atoms with Crippen molar-refractivity contribution in [3.63, 3.8) is 0 Å². The molecule has 30 heavy (non-hydrogen) atoms. The third kappa shape index (κ3) is 6.16. The van der Waals surface area contributed by atoms with E-state index in [0.29, 0.717) is 29.2 Å². The summed E-state index contributed by atoms with van der Waals surface area (Å²) >= 11 is 0. The molecule has 0 radical (unpaired) electrons. The minimum absolute atomic E-state index is 0.0972. The Morgan fingerprint density at radius 2 is 1.00 bits per heavy atom. The van der Waals surface area contributed by atoms with Gasteiger partial charge in [0.2, 0.25) is 0 Å². The van der Waals surface area contributed by atoms with Gasteiger partial charge in [-0.3, -0.25) is 4.79 Å². The summed E-state index contributed by atoms with van der Waals surface area (Å²) < 4.78 is 37.7. The molecular weight excluding hydrogens is 393 g/mol. The zero-order valence-corrected chi connectivity index (χ0v) is 16.0. The van der Waals surface area contributed by atoms with Crippen LogP contribution in [0.3, 0.4) is 0 Å². The molecule has 0 aliphatic heterocycles. The summed E-state index contributed by atoms with van der Waals surface area (Å²) in [5.74, 6) is 0.0972. The van der Waals surface area contributed by atoms with E-state index in [-0.39, 0.29) is 5.78 Å². The fourth-order valence-corrected chi connectivity index (χ4v) is 2.50. The number of carbonyl (C=O) groups excluding carboxylic acids is 1. The van der Waals surface area contributed by atoms with E-state index >= 15 is 0 Å². The highest BCUT2D eigenvalue weighted by molar-refractivity contribution is 5.78. The summed E-state index contributed by atoms with van der Waals surface area (Å²) in [6, 6.07) is 18.4. The fourth-order valence-electron chi connectivity index (χ4n) is 2.50. The second-order valence-electron chi connectivity index (χ2n) is 6.51. The molecule has 0 aliphatic rings. The number of Topliss-reactive ketones (excluding diaryl/α,β-unsaturated/α-hetero) is 1. The van der Waals surface area contributed by atoms with Crippen LogP contribution in [0.5, 0.6) is 0 Å². The molecule has 0 fully saturated rings. The van der Waals surface area contributed by atoms with Gasteiger partial charge in [-0.2, -0.15) is 33.6 Å². The van der Waals surface area contributed by atoms with Crippen LogP contribution >= 0.6 is 0 Å². The molecule has 152 valence electrons. The lowest BCUT2D eigenvalue weighted by molar-refractivity contribution is -0.137. The van der Waals surface area contributed by atoms with Crippen LogP contribution in [0, 0.1) is 0 Å². The number of hydrogen-bond donors (Lipinski definition) is 0. The molecule has 3 rings (SSSR count). The smallest absolute Gasteiger partial charge is 0.300 e. The lowest BCUT2D eigenvalue weighted by Gasteiger charge is -2.05. The van der Waals surface area contributed by atoms with Crippen LogP contribution in [0.1, 0.15) is 18.1 Å². The van der Waals surface area contributed by atoms with Gasteiger partial charge in [-0.25, -0.2) is 0 Å². The van der Waals surface area contributed by atoms with Crippen molar-refractivity contribution < 1.29 is 18.0 Å². The largest absolute Gasteiger partial charge is 0.416 e. The molecule has 5 nitrogen and oxygen atoms in total. The minimum atomic E-state index is -4.38. The summed E-state index contributed by atoms with van der Waals surface area (Å²) in [6.07, 6.45) is -3.99. The summed E-state index contributed by atoms with van der Waals surface area (Å²) in [5, 5.41) is 16.2. The summed E-state index contributed by atoms with van der Waals surface area (Å²) in [5.41, 5.74) is 2.31. The Morgan fingerprint density at radius 3 is 1.33 bits per heavy atom. The Balaban J connectivity index is 1.61. The van der Waals surface area contributed by atoms with Crippen molar-refractivity contribution in [3.05, 3.63) is 83.9 Å². The van der Waals surface area contributed by atoms with Gasteiger partial charge >= 0.3 is 6.18 Å². The number of azo groups is 2. The monoisotopic (exact) mass is 410 g/mol. The summed E-state index contributed by atoms with van der Waals surface area (Å²) in [7, 11) is 0. The predicted molar refractivity (Wildman–Crippen MR) is 107 cm³/mol. The highest BCUT2D eigenvalue weighted by Crippen LogP contribution is 2.31. The van der Waals surface area contributed by atoms with E-state index in [0.717, 1.165) is 17.7 Å². The minimum Gasteiger partial charge on any atom is -0.300 e. The Kier molecular flexibility index (Phi) is 6.46. The zero-order valence-electron chi connectivity index (χ0n) is 16.0. The SMILES string of the molecule is CC(=O)Cc1ccc(N=Nc2ccc(N=Nc3ccc(C(F)(F)F)cc3)cc2)cc1. The number of rotatable bonds is 6. The average molecular weight is 410 g/mol. The molecule has 0 aliphatic carbocycles. The number of nitrogens with zero attached hydrogens (tertiary/aromatic N) is 4. The number of ketones is 1. The molecule has 0 spiro atoms. The molecule has 0 unspecified atom stereocenters. The van der Waals surface area contributed by atoms with Crippen molar-refractivity contribution in [2.45, 2.75) is 19.5 Å². The van der Waals surface area contributed by atoms with Crippen LogP contribution in [0.2, 0.25) is 0 Å². The number of carbonyl (C=O) groups is 1. The van der Waals surface area contributed by atoms with E-state index in [1.807, 2.05) is 12.1 Å². The molecule has 0 N–H and O–H groups in total. The molecule has 0 saturated heterocycles. The first-order valence-electron chi connectivity index (χ1n) is 8.99. The lowest BCUT2D eigenvalue weighted by atomic mass is 10.1. The van der Waals surface area contributed by atoms with E-state index in [9.17, 15) is 18.0 Å². The molecule has 0 heterocycles. The standard InChI is InChI=1S/C22H17F3N4O/c1-15(30)14-16-2-6-18(7-3-16)26-28-20-10-12-21(13-11-20)29-27-19-8-4-17(5-9-19)22(23,24)25/h2-13H,14H2,1H3. The van der Waals surface area contributed by atoms with Crippen molar-refractivity contribution in [2.75, 3.05) is 0 Å². The van der Waals surface area contributed by atoms with Crippen LogP contribution in [0.25, 0.3) is 0 Å². The third-order valence-corrected chi connectivity index (χ3v) is 4.00. The number of hydrogen-bond acceptors (Lipinski definition) is 5. The van der Waals surface area contributed by atoms with Gasteiger partial charge in [0.25, 0.3) is 0 Å². The van der Waals surface area contributed by atoms with Crippen LogP contribution in [-0.4, -0.2) is 5.78 Å². The van der Waals surface area contributed by atoms with E-state index in [2.05, 4.69) is 20.5 Å². The van der Waals surface area contributed by atoms with E-state index in [1.54, 1.807) is 43.3 Å². The van der Waals surface area contributed by atoms with Gasteiger partial charge in [0.05, 0.1) is 28.3 Å². The molecule has 3 aromatic rings. The first-order valence-corrected chi connectivity index (χ1v) is 8.99. The van der Waals surface area contributed by atoms with Gasteiger partial charge in [0.15, 0.2) is 0 Å². The zero-order chi connectivity index (χ0) is 21.6. The van der Waals surface area contributed by atoms with Crippen molar-refractivity contribution in [2.24, 2.45) is 20.5 Å². The van der Waals surface area contributed by atoms with Crippen LogP contribution in [0.15, 0.2) is 93.3 Å². The Morgan fingerprint density at radius 1 is 0.667 bits per heavy atom. The third-order valence-electron chi connectivity index (χ3n) is 4.00. The highest BCUT2D eigenvalue weighted by Gasteiger charge is 2.29. The Labute approximate surface area is 171 Å². The second-order valence-corrected chi connectivity index (χ2v) is 6.51. The molecule has 8 heteroatoms. The number of alkyl halides is 3. The van der Waals surface area contributed by atoms with E-state index in [4.69, 9.17) is 0 Å². The van der Waals surface area contributed by atoms with Gasteiger partial charge in [0.1, 0.15) is 5.78 Å². The highest BCUT2D eigenvalue weighted by atomic mass is 19.4. The molecule has 0 bridgehead atoms. The van der Waals surface area contributed by atoms with Gasteiger partial charge in [0, 0.05) is 6.42 Å². The first-order chi connectivity index (χ1) is 14.3. The molecular formula is C22H17F3N4O. The molecule has 0 saturated carbocycles. The lowest BCUT2D eigenvalue weighted by Crippen LogP contribution is -2.03. The number of benzene rings is 3. The molecule has 0 amide bonds. The van der Waals surface area contributed by atoms with Gasteiger partial charge in [-0.15, -0.1) is 0 Å².